The van der Waals surface area contributed by atoms with Crippen LogP contribution in [0.1, 0.15) is 23.7 Å². The van der Waals surface area contributed by atoms with Crippen LogP contribution in [-0.4, -0.2) is 33.6 Å². The molecule has 0 radical (unpaired) electrons. The number of carbonyl (C=O) groups excluding carboxylic acids is 1. The topological polar surface area (TPSA) is 146 Å². The van der Waals surface area contributed by atoms with Crippen LogP contribution in [0.2, 0.25) is 0 Å². The second-order valence-corrected chi connectivity index (χ2v) is 7.93. The molecule has 0 aliphatic heterocycles. The van der Waals surface area contributed by atoms with Crippen molar-refractivity contribution >= 4 is 39.8 Å². The van der Waals surface area contributed by atoms with Crippen LogP contribution in [0, 0.1) is 18.3 Å². The molecule has 2 aromatic heterocycles. The first-order valence-corrected chi connectivity index (χ1v) is 11.3. The summed E-state index contributed by atoms with van der Waals surface area (Å²) in [4.78, 5) is 31.5. The largest absolute Gasteiger partial charge is 0.492 e. The first-order valence-electron chi connectivity index (χ1n) is 11.3. The Kier molecular flexibility index (Phi) is 7.45. The van der Waals surface area contributed by atoms with Crippen molar-refractivity contribution in [2.45, 2.75) is 20.5 Å². The van der Waals surface area contributed by atoms with Crippen molar-refractivity contribution in [3.8, 4) is 17.6 Å². The third-order valence-electron chi connectivity index (χ3n) is 5.38. The van der Waals surface area contributed by atoms with Crippen molar-refractivity contribution in [1.82, 2.24) is 9.97 Å². The van der Waals surface area contributed by atoms with E-state index in [1.165, 1.54) is 12.3 Å². The van der Waals surface area contributed by atoms with E-state index in [0.717, 1.165) is 11.3 Å². The van der Waals surface area contributed by atoms with Gasteiger partial charge in [0.1, 0.15) is 24.2 Å². The second-order valence-electron chi connectivity index (χ2n) is 7.93. The minimum absolute atomic E-state index is 0.149. The van der Waals surface area contributed by atoms with E-state index < -0.39 is 11.9 Å². The van der Waals surface area contributed by atoms with Crippen LogP contribution in [0.3, 0.4) is 0 Å². The molecule has 0 unspecified atom stereocenters. The molecule has 0 fully saturated rings. The van der Waals surface area contributed by atoms with Crippen molar-refractivity contribution in [3.05, 3.63) is 77.7 Å². The molecule has 0 aliphatic rings. The molecule has 0 bridgehead atoms. The fraction of sp³-hybridized carbons (Fsp3) is 0.148. The summed E-state index contributed by atoms with van der Waals surface area (Å²) in [5.41, 5.74) is 3.72. The van der Waals surface area contributed by atoms with Gasteiger partial charge in [-0.3, -0.25) is 14.8 Å². The quantitative estimate of drug-likeness (QED) is 0.298. The maximum Gasteiger partial charge on any atom is 0.394 e. The lowest BCUT2D eigenvalue weighted by Gasteiger charge is -2.16. The fourth-order valence-corrected chi connectivity index (χ4v) is 3.66. The molecule has 0 spiro atoms. The molecule has 2 aromatic carbocycles. The number of hydrogen-bond acceptors (Lipinski definition) is 8. The Balaban J connectivity index is 1.68. The van der Waals surface area contributed by atoms with E-state index in [-0.39, 0.29) is 23.6 Å². The van der Waals surface area contributed by atoms with Gasteiger partial charge in [-0.05, 0) is 55.8 Å². The van der Waals surface area contributed by atoms with Crippen molar-refractivity contribution < 1.29 is 24.2 Å². The number of ether oxygens (including phenoxy) is 2. The van der Waals surface area contributed by atoms with Gasteiger partial charge >= 0.3 is 11.9 Å². The van der Waals surface area contributed by atoms with Gasteiger partial charge < -0.3 is 25.2 Å². The Hall–Kier alpha value is -5.17. The van der Waals surface area contributed by atoms with Crippen LogP contribution in [-0.2, 0) is 16.2 Å². The molecule has 10 nitrogen and oxygen atoms in total. The Morgan fingerprint density at radius 3 is 2.59 bits per heavy atom. The summed E-state index contributed by atoms with van der Waals surface area (Å²) >= 11 is 0. The molecule has 4 aromatic rings. The van der Waals surface area contributed by atoms with Gasteiger partial charge in [0.25, 0.3) is 0 Å². The Bertz CT molecular complexity index is 1520. The highest BCUT2D eigenvalue weighted by molar-refractivity contribution is 6.36. The SMILES string of the molecule is CCOc1cc2ncc(C#N)c(Nc3ccc(OCc4ccccn4)c(C)c3)c2cc1NC(=O)C(=O)O. The highest BCUT2D eigenvalue weighted by Gasteiger charge is 2.18. The lowest BCUT2D eigenvalue weighted by molar-refractivity contribution is -0.147. The van der Waals surface area contributed by atoms with E-state index in [2.05, 4.69) is 26.7 Å². The number of carboxylic acid groups (broad SMARTS) is 1. The van der Waals surface area contributed by atoms with Crippen molar-refractivity contribution in [2.75, 3.05) is 17.2 Å². The lowest BCUT2D eigenvalue weighted by Crippen LogP contribution is -2.22. The second kappa shape index (κ2) is 11.0. The molecule has 2 heterocycles. The molecule has 1 amide bonds. The normalized spacial score (nSPS) is 10.4. The summed E-state index contributed by atoms with van der Waals surface area (Å²) in [6, 6.07) is 16.4. The number of aromatic nitrogens is 2. The van der Waals surface area contributed by atoms with Gasteiger partial charge in [0.05, 0.1) is 34.8 Å². The van der Waals surface area contributed by atoms with Gasteiger partial charge in [-0.2, -0.15) is 5.26 Å². The van der Waals surface area contributed by atoms with Crippen LogP contribution in [0.25, 0.3) is 10.9 Å². The van der Waals surface area contributed by atoms with Gasteiger partial charge in [-0.15, -0.1) is 0 Å². The van der Waals surface area contributed by atoms with Crippen LogP contribution in [0.5, 0.6) is 11.5 Å². The number of pyridine rings is 2. The zero-order valence-corrected chi connectivity index (χ0v) is 20.1. The number of fused-ring (bicyclic) bond motifs is 1. The summed E-state index contributed by atoms with van der Waals surface area (Å²) in [5, 5.41) is 24.9. The average molecular weight is 498 g/mol. The highest BCUT2D eigenvalue weighted by atomic mass is 16.5. The molecule has 0 saturated heterocycles. The summed E-state index contributed by atoms with van der Waals surface area (Å²) < 4.78 is 11.5. The Morgan fingerprint density at radius 1 is 1.08 bits per heavy atom. The van der Waals surface area contributed by atoms with E-state index >= 15 is 0 Å². The fourth-order valence-electron chi connectivity index (χ4n) is 3.66. The van der Waals surface area contributed by atoms with E-state index in [1.807, 2.05) is 43.3 Å². The molecular weight excluding hydrogens is 474 g/mol. The summed E-state index contributed by atoms with van der Waals surface area (Å²) in [7, 11) is 0. The van der Waals surface area contributed by atoms with Crippen molar-refractivity contribution in [2.24, 2.45) is 0 Å². The van der Waals surface area contributed by atoms with Crippen molar-refractivity contribution in [1.29, 1.82) is 5.26 Å². The van der Waals surface area contributed by atoms with Gasteiger partial charge in [-0.1, -0.05) is 6.07 Å². The van der Waals surface area contributed by atoms with E-state index in [9.17, 15) is 14.9 Å². The lowest BCUT2D eigenvalue weighted by atomic mass is 10.1. The molecular formula is C27H23N5O5. The molecule has 0 aliphatic carbocycles. The maximum atomic E-state index is 11.9. The number of carbonyl (C=O) groups is 2. The predicted molar refractivity (Wildman–Crippen MR) is 137 cm³/mol. The van der Waals surface area contributed by atoms with Gasteiger partial charge in [0.2, 0.25) is 0 Å². The summed E-state index contributed by atoms with van der Waals surface area (Å²) in [6.07, 6.45) is 3.15. The molecule has 3 N–H and O–H groups in total. The zero-order valence-electron chi connectivity index (χ0n) is 20.1. The first kappa shape index (κ1) is 24.9. The first-order chi connectivity index (χ1) is 17.9. The van der Waals surface area contributed by atoms with Crippen LogP contribution < -0.4 is 20.1 Å². The summed E-state index contributed by atoms with van der Waals surface area (Å²) in [5.74, 6) is -1.89. The smallest absolute Gasteiger partial charge is 0.394 e. The molecule has 0 atom stereocenters. The van der Waals surface area contributed by atoms with Crippen LogP contribution >= 0.6 is 0 Å². The Labute approximate surface area is 212 Å². The molecule has 186 valence electrons. The number of amides is 1. The maximum absolute atomic E-state index is 11.9. The number of nitriles is 1. The number of benzene rings is 2. The number of hydrogen-bond donors (Lipinski definition) is 3. The molecule has 4 rings (SSSR count). The number of nitrogens with one attached hydrogen (secondary N) is 2. The number of aryl methyl sites for hydroxylation is 1. The number of anilines is 3. The number of nitrogens with zero attached hydrogens (tertiary/aromatic N) is 3. The van der Waals surface area contributed by atoms with Crippen LogP contribution in [0.15, 0.2) is 60.9 Å². The van der Waals surface area contributed by atoms with Gasteiger partial charge in [0, 0.05) is 29.5 Å². The molecule has 10 heteroatoms. The monoisotopic (exact) mass is 497 g/mol. The van der Waals surface area contributed by atoms with Crippen LogP contribution in [0.4, 0.5) is 17.1 Å². The number of carboxylic acids is 1. The number of rotatable bonds is 8. The molecule has 37 heavy (non-hydrogen) atoms. The number of aliphatic carboxylic acids is 1. The average Bonchev–Trinajstić information content (AvgIpc) is 2.89. The van der Waals surface area contributed by atoms with E-state index in [1.54, 1.807) is 19.2 Å². The van der Waals surface area contributed by atoms with E-state index in [4.69, 9.17) is 14.6 Å². The summed E-state index contributed by atoms with van der Waals surface area (Å²) in [6.45, 7) is 4.28. The minimum Gasteiger partial charge on any atom is -0.492 e. The zero-order chi connectivity index (χ0) is 26.4. The third kappa shape index (κ3) is 5.74. The Morgan fingerprint density at radius 2 is 1.92 bits per heavy atom. The van der Waals surface area contributed by atoms with Gasteiger partial charge in [-0.25, -0.2) is 4.79 Å². The standard InChI is InChI=1S/C27H23N5O5/c1-3-36-24-12-21-20(11-22(24)32-26(33)27(34)35)25(17(13-28)14-30-21)31-18-7-8-23(16(2)10-18)37-15-19-6-4-5-9-29-19/h4-12,14H,3,15H2,1-2H3,(H,30,31)(H,32,33)(H,34,35). The third-order valence-corrected chi connectivity index (χ3v) is 5.38. The van der Waals surface area contributed by atoms with Crippen molar-refractivity contribution in [3.63, 3.8) is 0 Å². The van der Waals surface area contributed by atoms with Gasteiger partial charge in [0.15, 0.2) is 0 Å². The molecule has 0 saturated carbocycles. The highest BCUT2D eigenvalue weighted by Crippen LogP contribution is 2.36. The predicted octanol–water partition coefficient (Wildman–Crippen LogP) is 4.55. The van der Waals surface area contributed by atoms with E-state index in [0.29, 0.717) is 34.6 Å². The minimum atomic E-state index is -1.63.